The summed E-state index contributed by atoms with van der Waals surface area (Å²) in [6, 6.07) is 2.68. The molecule has 0 aliphatic carbocycles. The molecule has 1 aromatic rings. The van der Waals surface area contributed by atoms with Crippen molar-refractivity contribution < 1.29 is 13.2 Å². The van der Waals surface area contributed by atoms with Crippen LogP contribution >= 0.6 is 0 Å². The highest BCUT2D eigenvalue weighted by Gasteiger charge is 2.37. The van der Waals surface area contributed by atoms with Crippen molar-refractivity contribution in [2.75, 3.05) is 0 Å². The smallest absolute Gasteiger partial charge is 0.351 e. The van der Waals surface area contributed by atoms with E-state index in [0.29, 0.717) is 0 Å². The van der Waals surface area contributed by atoms with E-state index in [2.05, 4.69) is 4.98 Å². The monoisotopic (exact) mass is 185 g/mol. The number of hydrogen-bond donors (Lipinski definition) is 1. The largest absolute Gasteiger partial charge is 0.420 e. The number of halogens is 3. The first-order valence-corrected chi connectivity index (χ1v) is 3.09. The summed E-state index contributed by atoms with van der Waals surface area (Å²) in [7, 11) is 0. The molecule has 0 saturated carbocycles. The molecule has 0 unspecified atom stereocenters. The van der Waals surface area contributed by atoms with Crippen LogP contribution in [0.5, 0.6) is 0 Å². The summed E-state index contributed by atoms with van der Waals surface area (Å²) in [4.78, 5) is 2.08. The van der Waals surface area contributed by atoms with Crippen LogP contribution in [0.1, 0.15) is 16.8 Å². The van der Waals surface area contributed by atoms with E-state index < -0.39 is 23.0 Å². The zero-order valence-corrected chi connectivity index (χ0v) is 6.11. The lowest BCUT2D eigenvalue weighted by molar-refractivity contribution is -0.137. The topological polar surface area (TPSA) is 63.4 Å². The number of aromatic amines is 1. The van der Waals surface area contributed by atoms with Gasteiger partial charge in [0, 0.05) is 6.20 Å². The van der Waals surface area contributed by atoms with Crippen molar-refractivity contribution >= 4 is 0 Å². The minimum atomic E-state index is -4.67. The Bertz CT molecular complexity index is 371. The molecular weight excluding hydrogens is 183 g/mol. The lowest BCUT2D eigenvalue weighted by Gasteiger charge is -2.03. The normalized spacial score (nSPS) is 10.5. The molecule has 0 aromatic carbocycles. The number of alkyl halides is 3. The van der Waals surface area contributed by atoms with Crippen LogP contribution in [-0.4, -0.2) is 4.98 Å². The van der Waals surface area contributed by atoms with E-state index in [1.54, 1.807) is 0 Å². The van der Waals surface area contributed by atoms with Gasteiger partial charge in [-0.3, -0.25) is 0 Å². The third kappa shape index (κ3) is 1.47. The summed E-state index contributed by atoms with van der Waals surface area (Å²) in [5, 5.41) is 16.6. The fourth-order valence-electron chi connectivity index (χ4n) is 0.894. The minimum Gasteiger partial charge on any atom is -0.351 e. The summed E-state index contributed by atoms with van der Waals surface area (Å²) < 4.78 is 36.6. The van der Waals surface area contributed by atoms with Crippen molar-refractivity contribution in [2.45, 2.75) is 6.18 Å². The first kappa shape index (κ1) is 9.14. The second-order valence-corrected chi connectivity index (χ2v) is 2.17. The molecule has 1 rings (SSSR count). The fraction of sp³-hybridized carbons (Fsp3) is 0.143. The van der Waals surface area contributed by atoms with Gasteiger partial charge < -0.3 is 4.98 Å². The molecule has 0 spiro atoms. The Hall–Kier alpha value is -1.95. The molecule has 13 heavy (non-hydrogen) atoms. The Labute approximate surface area is 71.0 Å². The summed E-state index contributed by atoms with van der Waals surface area (Å²) in [6.45, 7) is 0. The predicted molar refractivity (Wildman–Crippen MR) is 35.2 cm³/mol. The van der Waals surface area contributed by atoms with Crippen LogP contribution in [0.15, 0.2) is 6.20 Å². The molecule has 0 bridgehead atoms. The second kappa shape index (κ2) is 2.83. The number of rotatable bonds is 0. The van der Waals surface area contributed by atoms with Crippen LogP contribution in [0.25, 0.3) is 0 Å². The Balaban J connectivity index is 3.42. The van der Waals surface area contributed by atoms with E-state index in [-0.39, 0.29) is 0 Å². The summed E-state index contributed by atoms with van der Waals surface area (Å²) >= 11 is 0. The SMILES string of the molecule is N#Cc1c[nH]c(C#N)c1C(F)(F)F. The highest BCUT2D eigenvalue weighted by Crippen LogP contribution is 2.33. The van der Waals surface area contributed by atoms with E-state index in [1.165, 1.54) is 12.1 Å². The molecular formula is C7H2F3N3. The third-order valence-corrected chi connectivity index (χ3v) is 1.40. The van der Waals surface area contributed by atoms with Gasteiger partial charge in [0.05, 0.1) is 5.56 Å². The molecule has 0 amide bonds. The molecule has 1 aromatic heterocycles. The lowest BCUT2D eigenvalue weighted by Crippen LogP contribution is -2.07. The van der Waals surface area contributed by atoms with Gasteiger partial charge in [-0.15, -0.1) is 0 Å². The fourth-order valence-corrected chi connectivity index (χ4v) is 0.894. The highest BCUT2D eigenvalue weighted by atomic mass is 19.4. The lowest BCUT2D eigenvalue weighted by atomic mass is 10.1. The Kier molecular flexibility index (Phi) is 1.99. The minimum absolute atomic E-state index is 0.566. The van der Waals surface area contributed by atoms with Crippen LogP contribution in [0.4, 0.5) is 13.2 Å². The average Bonchev–Trinajstić information content (AvgIpc) is 2.45. The van der Waals surface area contributed by atoms with Crippen molar-refractivity contribution in [1.82, 2.24) is 4.98 Å². The first-order valence-electron chi connectivity index (χ1n) is 3.09. The van der Waals surface area contributed by atoms with Gasteiger partial charge in [-0.25, -0.2) is 0 Å². The van der Waals surface area contributed by atoms with Gasteiger partial charge in [0.1, 0.15) is 23.4 Å². The highest BCUT2D eigenvalue weighted by molar-refractivity contribution is 5.46. The van der Waals surface area contributed by atoms with E-state index in [0.717, 1.165) is 6.20 Å². The van der Waals surface area contributed by atoms with Crippen LogP contribution in [0, 0.1) is 22.7 Å². The van der Waals surface area contributed by atoms with Gasteiger partial charge >= 0.3 is 6.18 Å². The molecule has 0 aliphatic heterocycles. The van der Waals surface area contributed by atoms with E-state index in [1.807, 2.05) is 0 Å². The van der Waals surface area contributed by atoms with Gasteiger partial charge in [-0.1, -0.05) is 0 Å². The Morgan fingerprint density at radius 1 is 1.23 bits per heavy atom. The molecule has 3 nitrogen and oxygen atoms in total. The molecule has 0 atom stereocenters. The Morgan fingerprint density at radius 3 is 2.23 bits per heavy atom. The number of nitriles is 2. The van der Waals surface area contributed by atoms with Crippen LogP contribution in [-0.2, 0) is 6.18 Å². The predicted octanol–water partition coefficient (Wildman–Crippen LogP) is 1.78. The van der Waals surface area contributed by atoms with Crippen LogP contribution in [0.3, 0.4) is 0 Å². The number of aromatic nitrogens is 1. The van der Waals surface area contributed by atoms with Gasteiger partial charge in [0.2, 0.25) is 0 Å². The molecule has 1 heterocycles. The quantitative estimate of drug-likeness (QED) is 0.669. The van der Waals surface area contributed by atoms with Gasteiger partial charge in [0.15, 0.2) is 0 Å². The van der Waals surface area contributed by atoms with Crippen molar-refractivity contribution in [3.05, 3.63) is 23.0 Å². The van der Waals surface area contributed by atoms with Crippen molar-refractivity contribution in [3.63, 3.8) is 0 Å². The molecule has 6 heteroatoms. The zero-order valence-electron chi connectivity index (χ0n) is 6.11. The van der Waals surface area contributed by atoms with Crippen molar-refractivity contribution in [3.8, 4) is 12.1 Å². The molecule has 1 N–H and O–H groups in total. The summed E-state index contributed by atoms with van der Waals surface area (Å²) in [5.74, 6) is 0. The number of nitrogens with zero attached hydrogens (tertiary/aromatic N) is 2. The molecule has 0 saturated heterocycles. The maximum atomic E-state index is 12.2. The maximum absolute atomic E-state index is 12.2. The number of H-pyrrole nitrogens is 1. The number of nitrogens with one attached hydrogen (secondary N) is 1. The summed E-state index contributed by atoms with van der Waals surface area (Å²) in [5.41, 5.74) is -2.40. The molecule has 66 valence electrons. The van der Waals surface area contributed by atoms with E-state index >= 15 is 0 Å². The zero-order chi connectivity index (χ0) is 10.1. The molecule has 0 radical (unpaired) electrons. The van der Waals surface area contributed by atoms with Crippen LogP contribution in [0.2, 0.25) is 0 Å². The van der Waals surface area contributed by atoms with Gasteiger partial charge in [-0.05, 0) is 0 Å². The van der Waals surface area contributed by atoms with Gasteiger partial charge in [-0.2, -0.15) is 23.7 Å². The first-order chi connectivity index (χ1) is 6.00. The van der Waals surface area contributed by atoms with Gasteiger partial charge in [0.25, 0.3) is 0 Å². The molecule has 0 fully saturated rings. The van der Waals surface area contributed by atoms with Crippen LogP contribution < -0.4 is 0 Å². The number of hydrogen-bond acceptors (Lipinski definition) is 2. The van der Waals surface area contributed by atoms with Crippen molar-refractivity contribution in [1.29, 1.82) is 10.5 Å². The third-order valence-electron chi connectivity index (χ3n) is 1.40. The maximum Gasteiger partial charge on any atom is 0.420 e. The summed E-state index contributed by atoms with van der Waals surface area (Å²) in [6.07, 6.45) is -3.81. The Morgan fingerprint density at radius 2 is 1.85 bits per heavy atom. The van der Waals surface area contributed by atoms with E-state index in [9.17, 15) is 13.2 Å². The van der Waals surface area contributed by atoms with Crippen molar-refractivity contribution in [2.24, 2.45) is 0 Å². The second-order valence-electron chi connectivity index (χ2n) is 2.17. The average molecular weight is 185 g/mol. The standard InChI is InChI=1S/C7H2F3N3/c8-7(9,10)6-4(1-11)3-13-5(6)2-12/h3,13H. The van der Waals surface area contributed by atoms with E-state index in [4.69, 9.17) is 10.5 Å². The molecule has 0 aliphatic rings.